The summed E-state index contributed by atoms with van der Waals surface area (Å²) in [5.74, 6) is -0.615. The van der Waals surface area contributed by atoms with Gasteiger partial charge in [0.15, 0.2) is 6.10 Å². The normalized spacial score (nSPS) is 12.6. The van der Waals surface area contributed by atoms with E-state index in [0.29, 0.717) is 12.8 Å². The van der Waals surface area contributed by atoms with Crippen molar-refractivity contribution in [1.29, 1.82) is 0 Å². The van der Waals surface area contributed by atoms with Crippen molar-refractivity contribution in [3.63, 3.8) is 0 Å². The van der Waals surface area contributed by atoms with Crippen molar-refractivity contribution in [1.82, 2.24) is 0 Å². The molecule has 0 aromatic rings. The third-order valence-corrected chi connectivity index (χ3v) is 8.64. The van der Waals surface area contributed by atoms with E-state index in [1.165, 1.54) is 89.9 Å². The number of ether oxygens (including phenoxy) is 2. The van der Waals surface area contributed by atoms with E-state index < -0.39 is 6.10 Å². The van der Waals surface area contributed by atoms with Gasteiger partial charge in [0.25, 0.3) is 0 Å². The van der Waals surface area contributed by atoms with Gasteiger partial charge in [0.05, 0.1) is 6.61 Å². The Morgan fingerprint density at radius 1 is 0.500 bits per heavy atom. The summed E-state index contributed by atoms with van der Waals surface area (Å²) in [6.45, 7) is 4.01. The van der Waals surface area contributed by atoms with Gasteiger partial charge in [-0.15, -0.1) is 0 Å². The Bertz CT molecular complexity index is 812. The molecular formula is C43H76O5. The minimum Gasteiger partial charge on any atom is -0.462 e. The molecule has 0 spiro atoms. The van der Waals surface area contributed by atoms with Gasteiger partial charge in [-0.1, -0.05) is 178 Å². The van der Waals surface area contributed by atoms with E-state index in [9.17, 15) is 14.7 Å². The molecule has 0 fully saturated rings. The second-order valence-electron chi connectivity index (χ2n) is 13.3. The largest absolute Gasteiger partial charge is 0.462 e. The number of esters is 2. The molecule has 0 saturated carbocycles. The minimum absolute atomic E-state index is 0.0774. The maximum absolute atomic E-state index is 12.2. The number of carbonyl (C=O) groups is 2. The van der Waals surface area contributed by atoms with Crippen molar-refractivity contribution in [2.75, 3.05) is 13.2 Å². The average Bonchev–Trinajstić information content (AvgIpc) is 3.09. The number of aliphatic hydroxyl groups excluding tert-OH is 1. The van der Waals surface area contributed by atoms with Crippen LogP contribution >= 0.6 is 0 Å². The number of hydrogen-bond acceptors (Lipinski definition) is 5. The lowest BCUT2D eigenvalue weighted by Crippen LogP contribution is -2.28. The van der Waals surface area contributed by atoms with Crippen molar-refractivity contribution in [2.24, 2.45) is 0 Å². The number of rotatable bonds is 36. The molecule has 0 bridgehead atoms. The van der Waals surface area contributed by atoms with E-state index in [4.69, 9.17) is 9.47 Å². The van der Waals surface area contributed by atoms with Crippen LogP contribution in [0.2, 0.25) is 0 Å². The van der Waals surface area contributed by atoms with Crippen LogP contribution in [0.15, 0.2) is 48.6 Å². The summed E-state index contributed by atoms with van der Waals surface area (Å²) < 4.78 is 10.6. The molecule has 5 heteroatoms. The predicted octanol–water partition coefficient (Wildman–Crippen LogP) is 12.6. The van der Waals surface area contributed by atoms with Crippen molar-refractivity contribution in [3.8, 4) is 0 Å². The Labute approximate surface area is 297 Å². The van der Waals surface area contributed by atoms with Gasteiger partial charge in [0.1, 0.15) is 6.61 Å². The molecule has 0 amide bonds. The fourth-order valence-corrected chi connectivity index (χ4v) is 5.60. The third kappa shape index (κ3) is 36.7. The van der Waals surface area contributed by atoms with E-state index in [2.05, 4.69) is 62.5 Å². The fraction of sp³-hybridized carbons (Fsp3) is 0.767. The summed E-state index contributed by atoms with van der Waals surface area (Å²) in [5.41, 5.74) is 0. The average molecular weight is 673 g/mol. The first-order valence-corrected chi connectivity index (χ1v) is 20.2. The number of aliphatic hydroxyl groups is 1. The van der Waals surface area contributed by atoms with Gasteiger partial charge in [-0.2, -0.15) is 0 Å². The Morgan fingerprint density at radius 2 is 0.896 bits per heavy atom. The van der Waals surface area contributed by atoms with Crippen LogP contribution in [0.25, 0.3) is 0 Å². The Morgan fingerprint density at radius 3 is 1.35 bits per heavy atom. The second kappa shape index (κ2) is 39.3. The molecule has 0 heterocycles. The molecule has 0 rings (SSSR count). The highest BCUT2D eigenvalue weighted by Crippen LogP contribution is 2.15. The number of hydrogen-bond donors (Lipinski definition) is 1. The van der Waals surface area contributed by atoms with Crippen LogP contribution in [0.5, 0.6) is 0 Å². The van der Waals surface area contributed by atoms with Crippen LogP contribution in [0, 0.1) is 0 Å². The lowest BCUT2D eigenvalue weighted by molar-refractivity contribution is -0.161. The number of carbonyl (C=O) groups excluding carboxylic acids is 2. The van der Waals surface area contributed by atoms with Gasteiger partial charge in [0, 0.05) is 12.8 Å². The molecule has 1 atom stereocenters. The van der Waals surface area contributed by atoms with Crippen LogP contribution in [0.1, 0.15) is 194 Å². The standard InChI is InChI=1S/C43H76O5/c1-3-5-7-9-11-13-15-17-19-21-23-25-27-29-31-33-35-37-42(45)47-40-41(39-44)48-43(46)38-36-34-32-30-28-26-24-22-20-18-16-14-12-10-8-6-4-2/h5,7,11,13,17,19,23,25,41,44H,3-4,6,8-10,12,14-16,18,20-22,24,26-40H2,1-2H3/t41-/m0/s1. The molecule has 1 N–H and O–H groups in total. The smallest absolute Gasteiger partial charge is 0.306 e. The summed E-state index contributed by atoms with van der Waals surface area (Å²) in [6, 6.07) is 0. The second-order valence-corrected chi connectivity index (χ2v) is 13.3. The molecule has 0 aromatic carbocycles. The monoisotopic (exact) mass is 673 g/mol. The Kier molecular flexibility index (Phi) is 37.5. The number of allylic oxidation sites excluding steroid dienone is 8. The zero-order chi connectivity index (χ0) is 35.0. The molecule has 48 heavy (non-hydrogen) atoms. The first kappa shape index (κ1) is 45.9. The molecule has 0 saturated heterocycles. The maximum Gasteiger partial charge on any atom is 0.306 e. The van der Waals surface area contributed by atoms with Crippen LogP contribution < -0.4 is 0 Å². The molecule has 0 unspecified atom stereocenters. The van der Waals surface area contributed by atoms with Crippen LogP contribution in [0.4, 0.5) is 0 Å². The molecule has 0 aliphatic heterocycles. The van der Waals surface area contributed by atoms with Crippen LogP contribution in [-0.4, -0.2) is 36.4 Å². The first-order valence-electron chi connectivity index (χ1n) is 20.2. The summed E-state index contributed by atoms with van der Waals surface area (Å²) >= 11 is 0. The maximum atomic E-state index is 12.2. The highest BCUT2D eigenvalue weighted by molar-refractivity contribution is 5.70. The van der Waals surface area contributed by atoms with E-state index in [0.717, 1.165) is 77.0 Å². The highest BCUT2D eigenvalue weighted by atomic mass is 16.6. The fourth-order valence-electron chi connectivity index (χ4n) is 5.60. The topological polar surface area (TPSA) is 72.8 Å². The lowest BCUT2D eigenvalue weighted by Gasteiger charge is -2.15. The summed E-state index contributed by atoms with van der Waals surface area (Å²) in [6.07, 6.45) is 48.9. The zero-order valence-electron chi connectivity index (χ0n) is 31.5. The lowest BCUT2D eigenvalue weighted by atomic mass is 10.0. The minimum atomic E-state index is -0.779. The van der Waals surface area contributed by atoms with Crippen molar-refractivity contribution < 1.29 is 24.2 Å². The van der Waals surface area contributed by atoms with E-state index >= 15 is 0 Å². The molecule has 278 valence electrons. The predicted molar refractivity (Wildman–Crippen MR) is 205 cm³/mol. The Hall–Kier alpha value is -2.14. The Balaban J connectivity index is 3.58. The molecule has 0 aliphatic rings. The van der Waals surface area contributed by atoms with Gasteiger partial charge in [0.2, 0.25) is 0 Å². The molecule has 5 nitrogen and oxygen atoms in total. The van der Waals surface area contributed by atoms with Gasteiger partial charge in [-0.3, -0.25) is 9.59 Å². The van der Waals surface area contributed by atoms with Crippen LogP contribution in [0.3, 0.4) is 0 Å². The number of unbranched alkanes of at least 4 members (excludes halogenated alkanes) is 20. The SMILES string of the molecule is CCC=CCC=CCC=CCC=CCCCCCCC(=O)OC[C@H](CO)OC(=O)CCCCCCCCCCCCCCCCCCC. The molecule has 0 radical (unpaired) electrons. The summed E-state index contributed by atoms with van der Waals surface area (Å²) in [5, 5.41) is 9.56. The van der Waals surface area contributed by atoms with Crippen molar-refractivity contribution in [3.05, 3.63) is 48.6 Å². The third-order valence-electron chi connectivity index (χ3n) is 8.64. The van der Waals surface area contributed by atoms with Gasteiger partial charge >= 0.3 is 11.9 Å². The molecule has 0 aliphatic carbocycles. The van der Waals surface area contributed by atoms with Crippen molar-refractivity contribution in [2.45, 2.75) is 200 Å². The van der Waals surface area contributed by atoms with Gasteiger partial charge < -0.3 is 14.6 Å². The molecular weight excluding hydrogens is 596 g/mol. The van der Waals surface area contributed by atoms with E-state index in [1.807, 2.05) is 0 Å². The molecule has 0 aromatic heterocycles. The first-order chi connectivity index (χ1) is 23.6. The summed E-state index contributed by atoms with van der Waals surface area (Å²) in [7, 11) is 0. The van der Waals surface area contributed by atoms with Gasteiger partial charge in [-0.25, -0.2) is 0 Å². The quantitative estimate of drug-likeness (QED) is 0.0407. The van der Waals surface area contributed by atoms with E-state index in [-0.39, 0.29) is 25.2 Å². The van der Waals surface area contributed by atoms with Crippen molar-refractivity contribution >= 4 is 11.9 Å². The zero-order valence-corrected chi connectivity index (χ0v) is 31.5. The summed E-state index contributed by atoms with van der Waals surface area (Å²) in [4.78, 5) is 24.3. The van der Waals surface area contributed by atoms with Gasteiger partial charge in [-0.05, 0) is 51.4 Å². The van der Waals surface area contributed by atoms with E-state index in [1.54, 1.807) is 0 Å². The van der Waals surface area contributed by atoms with Crippen LogP contribution in [-0.2, 0) is 19.1 Å². The highest BCUT2D eigenvalue weighted by Gasteiger charge is 2.16.